The van der Waals surface area contributed by atoms with E-state index in [0.717, 1.165) is 23.1 Å². The van der Waals surface area contributed by atoms with E-state index in [-0.39, 0.29) is 6.61 Å². The highest BCUT2D eigenvalue weighted by atomic mass is 28.4. The first-order valence-corrected chi connectivity index (χ1v) is 20.3. The molecule has 0 aliphatic rings. The van der Waals surface area contributed by atoms with Crippen LogP contribution in [0.3, 0.4) is 0 Å². The molecule has 0 aromatic heterocycles. The van der Waals surface area contributed by atoms with E-state index in [0.29, 0.717) is 0 Å². The van der Waals surface area contributed by atoms with Gasteiger partial charge in [0, 0.05) is 0 Å². The lowest BCUT2D eigenvalue weighted by Crippen LogP contribution is -2.52. The van der Waals surface area contributed by atoms with Gasteiger partial charge in [-0.15, -0.1) is 0 Å². The normalized spacial score (nSPS) is 17.5. The Kier molecular flexibility index (Phi) is 10.5. The van der Waals surface area contributed by atoms with Crippen molar-refractivity contribution in [3.63, 3.8) is 0 Å². The van der Waals surface area contributed by atoms with Crippen molar-refractivity contribution in [3.05, 3.63) is 0 Å². The third kappa shape index (κ3) is 13.4. The molecule has 2 atom stereocenters. The van der Waals surface area contributed by atoms with Gasteiger partial charge in [-0.05, 0) is 65.3 Å². The summed E-state index contributed by atoms with van der Waals surface area (Å²) in [4.78, 5) is 17.3. The van der Waals surface area contributed by atoms with E-state index < -0.39 is 36.3 Å². The molecule has 10 heteroatoms. The van der Waals surface area contributed by atoms with Gasteiger partial charge in [0.1, 0.15) is 17.9 Å². The van der Waals surface area contributed by atoms with Gasteiger partial charge in [0.25, 0.3) is 0 Å². The number of hydrogen-bond acceptors (Lipinski definition) is 6. The molecule has 0 saturated carbocycles. The fraction of sp³-hybridized carbons (Fsp3) is 1.00. The molecule has 0 aliphatic heterocycles. The predicted octanol–water partition coefficient (Wildman–Crippen LogP) is 3.57. The SMILES string of the molecule is CCCC([SiH3])(OO[Si](C)(C)C)C(COO[Si](C)(C)C)OO[Si](C)(C)C. The first-order chi connectivity index (χ1) is 11.1. The van der Waals surface area contributed by atoms with Crippen molar-refractivity contribution < 1.29 is 28.4 Å². The molecule has 0 fully saturated rings. The van der Waals surface area contributed by atoms with Gasteiger partial charge in [-0.3, -0.25) is 13.7 Å². The second kappa shape index (κ2) is 10.2. The van der Waals surface area contributed by atoms with Crippen LogP contribution < -0.4 is 0 Å². The lowest BCUT2D eigenvalue weighted by atomic mass is 10.1. The lowest BCUT2D eigenvalue weighted by molar-refractivity contribution is -0.370. The summed E-state index contributed by atoms with van der Waals surface area (Å²) < 4.78 is 17.0. The van der Waals surface area contributed by atoms with Crippen molar-refractivity contribution in [2.24, 2.45) is 0 Å². The first kappa shape index (κ1) is 25.6. The molecule has 152 valence electrons. The minimum atomic E-state index is -1.84. The molecule has 0 spiro atoms. The largest absolute Gasteiger partial charge is 0.287 e. The third-order valence-electron chi connectivity index (χ3n) is 2.85. The highest BCUT2D eigenvalue weighted by molar-refractivity contribution is 6.70. The molecule has 0 heterocycles. The highest BCUT2D eigenvalue weighted by Gasteiger charge is 2.41. The van der Waals surface area contributed by atoms with Gasteiger partial charge in [-0.2, -0.15) is 0 Å². The summed E-state index contributed by atoms with van der Waals surface area (Å²) >= 11 is 0. The van der Waals surface area contributed by atoms with Crippen LogP contribution in [0.2, 0.25) is 58.9 Å². The molecule has 0 aromatic rings. The van der Waals surface area contributed by atoms with Crippen LogP contribution in [0.4, 0.5) is 0 Å². The van der Waals surface area contributed by atoms with Crippen LogP contribution in [0.15, 0.2) is 0 Å². The quantitative estimate of drug-likeness (QED) is 0.254. The molecule has 0 radical (unpaired) electrons. The van der Waals surface area contributed by atoms with Gasteiger partial charge in [0.05, 0.1) is 10.2 Å². The molecule has 0 aliphatic carbocycles. The zero-order valence-electron chi connectivity index (χ0n) is 18.1. The molecular weight excluding hydrogens is 389 g/mol. The van der Waals surface area contributed by atoms with Crippen LogP contribution in [0.25, 0.3) is 0 Å². The van der Waals surface area contributed by atoms with E-state index >= 15 is 0 Å². The molecule has 2 unspecified atom stereocenters. The van der Waals surface area contributed by atoms with Crippen LogP contribution in [-0.4, -0.2) is 53.1 Å². The van der Waals surface area contributed by atoms with E-state index in [1.165, 1.54) is 0 Å². The second-order valence-electron chi connectivity index (χ2n) is 9.60. The Morgan fingerprint density at radius 3 is 1.68 bits per heavy atom. The van der Waals surface area contributed by atoms with Gasteiger partial charge in [-0.25, -0.2) is 14.7 Å². The Morgan fingerprint density at radius 1 is 0.800 bits per heavy atom. The minimum Gasteiger partial charge on any atom is -0.287 e. The minimum absolute atomic E-state index is 0.257. The predicted molar refractivity (Wildman–Crippen MR) is 113 cm³/mol. The van der Waals surface area contributed by atoms with E-state index in [1.54, 1.807) is 0 Å². The summed E-state index contributed by atoms with van der Waals surface area (Å²) in [7, 11) is -4.71. The molecular formula is C15H40O6Si4. The van der Waals surface area contributed by atoms with Gasteiger partial charge in [0.15, 0.2) is 0 Å². The van der Waals surface area contributed by atoms with Crippen molar-refractivity contribution in [1.82, 2.24) is 0 Å². The van der Waals surface area contributed by atoms with Gasteiger partial charge in [-0.1, -0.05) is 13.3 Å². The summed E-state index contributed by atoms with van der Waals surface area (Å²) in [6.45, 7) is 21.1. The Balaban J connectivity index is 5.15. The van der Waals surface area contributed by atoms with Crippen LogP contribution in [-0.2, 0) is 28.4 Å². The number of hydrogen-bond donors (Lipinski definition) is 0. The standard InChI is InChI=1S/C15H40O6Si4/c1-11-12-15(22,18-21-25(8,9)10)14(17-20-24(5,6)7)13-16-19-23(2,3)4/h14H,11-13H2,1-10,22H3. The summed E-state index contributed by atoms with van der Waals surface area (Å²) in [6.07, 6.45) is 1.39. The van der Waals surface area contributed by atoms with Crippen molar-refractivity contribution >= 4 is 35.2 Å². The highest BCUT2D eigenvalue weighted by Crippen LogP contribution is 2.26. The van der Waals surface area contributed by atoms with Crippen molar-refractivity contribution in [1.29, 1.82) is 0 Å². The van der Waals surface area contributed by atoms with E-state index in [2.05, 4.69) is 65.8 Å². The Morgan fingerprint density at radius 2 is 1.28 bits per heavy atom. The second-order valence-corrected chi connectivity index (χ2v) is 24.5. The Bertz CT molecular complexity index is 378. The zero-order valence-corrected chi connectivity index (χ0v) is 23.1. The third-order valence-corrected chi connectivity index (χ3v) is 5.96. The average Bonchev–Trinajstić information content (AvgIpc) is 2.37. The van der Waals surface area contributed by atoms with Crippen LogP contribution in [0.5, 0.6) is 0 Å². The topological polar surface area (TPSA) is 55.4 Å². The van der Waals surface area contributed by atoms with E-state index in [9.17, 15) is 0 Å². The fourth-order valence-corrected chi connectivity index (χ4v) is 4.03. The first-order valence-electron chi connectivity index (χ1n) is 9.10. The van der Waals surface area contributed by atoms with E-state index in [4.69, 9.17) is 28.4 Å². The molecule has 0 saturated heterocycles. The van der Waals surface area contributed by atoms with Gasteiger partial charge >= 0.3 is 0 Å². The van der Waals surface area contributed by atoms with Gasteiger partial charge < -0.3 is 0 Å². The van der Waals surface area contributed by atoms with Crippen molar-refractivity contribution in [3.8, 4) is 0 Å². The van der Waals surface area contributed by atoms with Gasteiger partial charge in [0.2, 0.25) is 25.0 Å². The Labute approximate surface area is 160 Å². The van der Waals surface area contributed by atoms with E-state index in [1.807, 2.05) is 0 Å². The molecule has 0 rings (SSSR count). The monoisotopic (exact) mass is 428 g/mol. The maximum Gasteiger partial charge on any atom is 0.230 e. The summed E-state index contributed by atoms with van der Waals surface area (Å²) in [5, 5.41) is -0.544. The average molecular weight is 429 g/mol. The summed E-state index contributed by atoms with van der Waals surface area (Å²) in [5.74, 6) is 0. The smallest absolute Gasteiger partial charge is 0.230 e. The van der Waals surface area contributed by atoms with Crippen LogP contribution >= 0.6 is 0 Å². The Hall–Kier alpha value is 0.628. The summed E-state index contributed by atoms with van der Waals surface area (Å²) in [5.41, 5.74) is 0. The fourth-order valence-electron chi connectivity index (χ4n) is 1.75. The summed E-state index contributed by atoms with van der Waals surface area (Å²) in [6, 6.07) is 0. The molecule has 0 aromatic carbocycles. The number of rotatable bonds is 13. The maximum absolute atomic E-state index is 5.95. The van der Waals surface area contributed by atoms with Crippen LogP contribution in [0, 0.1) is 0 Å². The van der Waals surface area contributed by atoms with Crippen LogP contribution in [0.1, 0.15) is 19.8 Å². The molecule has 6 nitrogen and oxygen atoms in total. The molecule has 0 bridgehead atoms. The molecule has 0 N–H and O–H groups in total. The van der Waals surface area contributed by atoms with Crippen molar-refractivity contribution in [2.45, 2.75) is 90.0 Å². The molecule has 0 amide bonds. The molecule has 25 heavy (non-hydrogen) atoms. The zero-order chi connectivity index (χ0) is 19.9. The lowest BCUT2D eigenvalue weighted by Gasteiger charge is -2.38. The van der Waals surface area contributed by atoms with Crippen molar-refractivity contribution in [2.75, 3.05) is 6.61 Å². The maximum atomic E-state index is 5.95.